The molecule has 1 aromatic carbocycles. The van der Waals surface area contributed by atoms with Crippen LogP contribution in [0.3, 0.4) is 0 Å². The molecule has 1 rings (SSSR count). The summed E-state index contributed by atoms with van der Waals surface area (Å²) in [6.45, 7) is 3.86. The van der Waals surface area contributed by atoms with Gasteiger partial charge in [-0.15, -0.1) is 0 Å². The number of aliphatic carboxylic acids is 1. The fourth-order valence-electron chi connectivity index (χ4n) is 1.75. The molecule has 0 aliphatic rings. The Morgan fingerprint density at radius 3 is 2.59 bits per heavy atom. The number of hydrogen-bond donors (Lipinski definition) is 2. The Balaban J connectivity index is 2.96. The van der Waals surface area contributed by atoms with Crippen LogP contribution in [0, 0.1) is 12.8 Å². The van der Waals surface area contributed by atoms with Crippen LogP contribution < -0.4 is 0 Å². The van der Waals surface area contributed by atoms with Crippen molar-refractivity contribution in [2.24, 2.45) is 5.92 Å². The molecule has 0 aliphatic heterocycles. The third kappa shape index (κ3) is 3.54. The van der Waals surface area contributed by atoms with Gasteiger partial charge in [0, 0.05) is 4.47 Å². The monoisotopic (exact) mass is 300 g/mol. The Hall–Kier alpha value is -0.870. The number of aryl methyl sites for hydroxylation is 1. The minimum Gasteiger partial charge on any atom is -0.481 e. The average molecular weight is 301 g/mol. The molecule has 0 heterocycles. The van der Waals surface area contributed by atoms with Crippen molar-refractivity contribution in [2.75, 3.05) is 0 Å². The minimum atomic E-state index is -0.954. The van der Waals surface area contributed by atoms with Gasteiger partial charge in [-0.3, -0.25) is 4.79 Å². The van der Waals surface area contributed by atoms with Crippen LogP contribution in [0.15, 0.2) is 22.7 Å². The molecule has 0 fully saturated rings. The van der Waals surface area contributed by atoms with Crippen molar-refractivity contribution in [3.8, 4) is 0 Å². The van der Waals surface area contributed by atoms with Gasteiger partial charge in [0.2, 0.25) is 0 Å². The molecule has 17 heavy (non-hydrogen) atoms. The van der Waals surface area contributed by atoms with E-state index in [9.17, 15) is 9.90 Å². The van der Waals surface area contributed by atoms with Crippen LogP contribution in [0.1, 0.15) is 37.0 Å². The Morgan fingerprint density at radius 2 is 2.12 bits per heavy atom. The molecule has 0 bridgehead atoms. The molecule has 0 aromatic heterocycles. The van der Waals surface area contributed by atoms with E-state index >= 15 is 0 Å². The van der Waals surface area contributed by atoms with Gasteiger partial charge in [0.15, 0.2) is 0 Å². The molecule has 0 aliphatic carbocycles. The van der Waals surface area contributed by atoms with Gasteiger partial charge >= 0.3 is 5.97 Å². The second-order valence-electron chi connectivity index (χ2n) is 4.19. The number of aliphatic hydroxyl groups excluding tert-OH is 1. The van der Waals surface area contributed by atoms with Crippen LogP contribution in [0.4, 0.5) is 0 Å². The first-order chi connectivity index (χ1) is 7.97. The van der Waals surface area contributed by atoms with Crippen molar-refractivity contribution < 1.29 is 15.0 Å². The highest BCUT2D eigenvalue weighted by molar-refractivity contribution is 9.10. The van der Waals surface area contributed by atoms with E-state index in [1.807, 2.05) is 19.9 Å². The molecule has 2 N–H and O–H groups in total. The molecular formula is C13H17BrO3. The summed E-state index contributed by atoms with van der Waals surface area (Å²) in [4.78, 5) is 11.1. The van der Waals surface area contributed by atoms with Gasteiger partial charge in [0.1, 0.15) is 0 Å². The Bertz CT molecular complexity index is 404. The quantitative estimate of drug-likeness (QED) is 0.877. The van der Waals surface area contributed by atoms with Crippen LogP contribution in [0.2, 0.25) is 0 Å². The number of hydrogen-bond acceptors (Lipinski definition) is 2. The van der Waals surface area contributed by atoms with Crippen LogP contribution >= 0.6 is 15.9 Å². The van der Waals surface area contributed by atoms with E-state index in [1.165, 1.54) is 0 Å². The number of halogens is 1. The van der Waals surface area contributed by atoms with Crippen LogP contribution in [-0.4, -0.2) is 16.2 Å². The summed E-state index contributed by atoms with van der Waals surface area (Å²) in [5.74, 6) is -1.69. The molecule has 2 atom stereocenters. The number of aliphatic hydroxyl groups is 1. The zero-order chi connectivity index (χ0) is 13.0. The third-order valence-electron chi connectivity index (χ3n) is 2.84. The first-order valence-corrected chi connectivity index (χ1v) is 6.43. The van der Waals surface area contributed by atoms with Crippen molar-refractivity contribution >= 4 is 21.9 Å². The first kappa shape index (κ1) is 14.2. The molecule has 4 heteroatoms. The zero-order valence-corrected chi connectivity index (χ0v) is 11.6. The standard InChI is InChI=1S/C13H17BrO3/c1-3-4-10(13(16)17)12(15)9-6-5-8(2)11(14)7-9/h5-7,10,12,15H,3-4H2,1-2H3,(H,16,17). The molecule has 0 radical (unpaired) electrons. The van der Waals surface area contributed by atoms with Crippen LogP contribution in [0.5, 0.6) is 0 Å². The maximum atomic E-state index is 11.1. The lowest BCUT2D eigenvalue weighted by atomic mass is 9.91. The summed E-state index contributed by atoms with van der Waals surface area (Å²) in [7, 11) is 0. The van der Waals surface area contributed by atoms with Crippen LogP contribution in [-0.2, 0) is 4.79 Å². The molecule has 0 saturated carbocycles. The normalized spacial score (nSPS) is 14.4. The van der Waals surface area contributed by atoms with E-state index < -0.39 is 18.0 Å². The van der Waals surface area contributed by atoms with E-state index in [0.717, 1.165) is 16.5 Å². The van der Waals surface area contributed by atoms with Crippen molar-refractivity contribution in [1.29, 1.82) is 0 Å². The van der Waals surface area contributed by atoms with E-state index in [0.29, 0.717) is 12.0 Å². The summed E-state index contributed by atoms with van der Waals surface area (Å²) in [6, 6.07) is 5.43. The third-order valence-corrected chi connectivity index (χ3v) is 3.69. The molecule has 0 spiro atoms. The van der Waals surface area contributed by atoms with Crippen molar-refractivity contribution in [3.63, 3.8) is 0 Å². The van der Waals surface area contributed by atoms with Crippen molar-refractivity contribution in [3.05, 3.63) is 33.8 Å². The number of carboxylic acid groups (broad SMARTS) is 1. The first-order valence-electron chi connectivity index (χ1n) is 5.64. The molecule has 1 aromatic rings. The van der Waals surface area contributed by atoms with Gasteiger partial charge in [0.05, 0.1) is 12.0 Å². The highest BCUT2D eigenvalue weighted by atomic mass is 79.9. The summed E-state index contributed by atoms with van der Waals surface area (Å²) >= 11 is 3.38. The molecule has 3 nitrogen and oxygen atoms in total. The van der Waals surface area contributed by atoms with Crippen molar-refractivity contribution in [1.82, 2.24) is 0 Å². The molecular weight excluding hydrogens is 284 g/mol. The van der Waals surface area contributed by atoms with Gasteiger partial charge in [-0.25, -0.2) is 0 Å². The highest BCUT2D eigenvalue weighted by Gasteiger charge is 2.27. The topological polar surface area (TPSA) is 57.5 Å². The molecule has 0 amide bonds. The maximum Gasteiger partial charge on any atom is 0.309 e. The predicted molar refractivity (Wildman–Crippen MR) is 69.9 cm³/mol. The van der Waals surface area contributed by atoms with Crippen LogP contribution in [0.25, 0.3) is 0 Å². The largest absolute Gasteiger partial charge is 0.481 e. The van der Waals surface area contributed by atoms with Gasteiger partial charge in [0.25, 0.3) is 0 Å². The summed E-state index contributed by atoms with van der Waals surface area (Å²) in [5.41, 5.74) is 1.70. The Morgan fingerprint density at radius 1 is 1.47 bits per heavy atom. The van der Waals surface area contributed by atoms with Gasteiger partial charge in [-0.1, -0.05) is 41.4 Å². The minimum absolute atomic E-state index is 0.474. The van der Waals surface area contributed by atoms with E-state index in [-0.39, 0.29) is 0 Å². The second kappa shape index (κ2) is 6.17. The Kier molecular flexibility index (Phi) is 5.15. The lowest BCUT2D eigenvalue weighted by Crippen LogP contribution is -2.21. The number of carboxylic acids is 1. The van der Waals surface area contributed by atoms with Crippen molar-refractivity contribution in [2.45, 2.75) is 32.8 Å². The fourth-order valence-corrected chi connectivity index (χ4v) is 2.15. The number of carbonyl (C=O) groups is 1. The lowest BCUT2D eigenvalue weighted by molar-refractivity contribution is -0.146. The van der Waals surface area contributed by atoms with E-state index in [2.05, 4.69) is 15.9 Å². The summed E-state index contributed by atoms with van der Waals surface area (Å²) in [6.07, 6.45) is 0.257. The highest BCUT2D eigenvalue weighted by Crippen LogP contribution is 2.29. The van der Waals surface area contributed by atoms with E-state index in [1.54, 1.807) is 12.1 Å². The second-order valence-corrected chi connectivity index (χ2v) is 5.04. The van der Waals surface area contributed by atoms with Gasteiger partial charge < -0.3 is 10.2 Å². The summed E-state index contributed by atoms with van der Waals surface area (Å²) < 4.78 is 0.884. The zero-order valence-electron chi connectivity index (χ0n) is 9.98. The number of rotatable bonds is 5. The average Bonchev–Trinajstić information content (AvgIpc) is 2.28. The Labute approximate surface area is 110 Å². The fraction of sp³-hybridized carbons (Fsp3) is 0.462. The SMILES string of the molecule is CCCC(C(=O)O)C(O)c1ccc(C)c(Br)c1. The summed E-state index contributed by atoms with van der Waals surface area (Å²) in [5, 5.41) is 19.2. The van der Waals surface area contributed by atoms with Gasteiger partial charge in [-0.2, -0.15) is 0 Å². The molecule has 94 valence electrons. The molecule has 0 saturated heterocycles. The smallest absolute Gasteiger partial charge is 0.309 e. The van der Waals surface area contributed by atoms with E-state index in [4.69, 9.17) is 5.11 Å². The van der Waals surface area contributed by atoms with Gasteiger partial charge in [-0.05, 0) is 30.5 Å². The maximum absolute atomic E-state index is 11.1. The predicted octanol–water partition coefficient (Wildman–Crippen LogP) is 3.29. The molecule has 2 unspecified atom stereocenters. The lowest BCUT2D eigenvalue weighted by Gasteiger charge is -2.19. The number of benzene rings is 1.